The van der Waals surface area contributed by atoms with Gasteiger partial charge in [0.25, 0.3) is 0 Å². The fourth-order valence-electron chi connectivity index (χ4n) is 7.35. The van der Waals surface area contributed by atoms with Gasteiger partial charge in [0.1, 0.15) is 11.2 Å². The summed E-state index contributed by atoms with van der Waals surface area (Å²) in [5.74, 6) is 0. The molecule has 0 aliphatic carbocycles. The average Bonchev–Trinajstić information content (AvgIpc) is 3.61. The number of para-hydroxylation sites is 1. The Labute approximate surface area is 295 Å². The average molecular weight is 651 g/mol. The van der Waals surface area contributed by atoms with E-state index in [1.807, 2.05) is 24.3 Å². The lowest BCUT2D eigenvalue weighted by Gasteiger charge is -2.12. The molecule has 3 nitrogen and oxygen atoms in total. The molecule has 238 valence electrons. The molecule has 0 atom stereocenters. The summed E-state index contributed by atoms with van der Waals surface area (Å²) in [5, 5.41) is 5.53. The first kappa shape index (κ1) is 29.1. The van der Waals surface area contributed by atoms with Crippen LogP contribution < -0.4 is 0 Å². The van der Waals surface area contributed by atoms with Crippen molar-refractivity contribution in [2.24, 2.45) is 0 Å². The van der Waals surface area contributed by atoms with Crippen LogP contribution in [0.5, 0.6) is 0 Å². The molecule has 10 aromatic rings. The summed E-state index contributed by atoms with van der Waals surface area (Å²) in [6.07, 6.45) is 0. The summed E-state index contributed by atoms with van der Waals surface area (Å²) in [6, 6.07) is 63.7. The second kappa shape index (κ2) is 11.9. The van der Waals surface area contributed by atoms with E-state index in [0.717, 1.165) is 83.3 Å². The van der Waals surface area contributed by atoms with Gasteiger partial charge in [-0.05, 0) is 63.4 Å². The van der Waals surface area contributed by atoms with Crippen LogP contribution in [0, 0.1) is 0 Å². The van der Waals surface area contributed by atoms with Crippen LogP contribution in [0.2, 0.25) is 0 Å². The lowest BCUT2D eigenvalue weighted by molar-refractivity contribution is 0.672. The summed E-state index contributed by atoms with van der Waals surface area (Å²) in [4.78, 5) is 10.6. The van der Waals surface area contributed by atoms with Gasteiger partial charge in [-0.15, -0.1) is 0 Å². The van der Waals surface area contributed by atoms with E-state index in [9.17, 15) is 0 Å². The highest BCUT2D eigenvalue weighted by Gasteiger charge is 2.19. The molecule has 3 aromatic heterocycles. The number of pyridine rings is 2. The van der Waals surface area contributed by atoms with Crippen molar-refractivity contribution >= 4 is 43.6 Å². The highest BCUT2D eigenvalue weighted by atomic mass is 16.3. The molecule has 3 heteroatoms. The maximum Gasteiger partial charge on any atom is 0.147 e. The number of rotatable bonds is 5. The van der Waals surface area contributed by atoms with Gasteiger partial charge in [-0.2, -0.15) is 0 Å². The fourth-order valence-corrected chi connectivity index (χ4v) is 7.35. The van der Waals surface area contributed by atoms with E-state index < -0.39 is 0 Å². The quantitative estimate of drug-likeness (QED) is 0.186. The minimum Gasteiger partial charge on any atom is -0.455 e. The summed E-state index contributed by atoms with van der Waals surface area (Å²) in [7, 11) is 0. The van der Waals surface area contributed by atoms with Crippen molar-refractivity contribution < 1.29 is 4.42 Å². The molecule has 0 N–H and O–H groups in total. The van der Waals surface area contributed by atoms with Gasteiger partial charge in [0.05, 0.1) is 28.0 Å². The number of benzene rings is 7. The minimum absolute atomic E-state index is 0.855. The van der Waals surface area contributed by atoms with E-state index in [1.165, 1.54) is 16.3 Å². The number of hydrogen-bond donors (Lipinski definition) is 0. The number of aromatic nitrogens is 2. The predicted molar refractivity (Wildman–Crippen MR) is 212 cm³/mol. The van der Waals surface area contributed by atoms with Crippen LogP contribution in [-0.4, -0.2) is 9.97 Å². The van der Waals surface area contributed by atoms with E-state index in [-0.39, 0.29) is 0 Å². The summed E-state index contributed by atoms with van der Waals surface area (Å²) < 4.78 is 6.60. The Morgan fingerprint density at radius 3 is 1.76 bits per heavy atom. The second-order valence-electron chi connectivity index (χ2n) is 13.0. The van der Waals surface area contributed by atoms with Gasteiger partial charge in [-0.25, -0.2) is 9.97 Å². The molecule has 0 radical (unpaired) electrons. The molecule has 0 spiro atoms. The van der Waals surface area contributed by atoms with Crippen molar-refractivity contribution in [2.75, 3.05) is 0 Å². The first-order valence-corrected chi connectivity index (χ1v) is 17.2. The van der Waals surface area contributed by atoms with Crippen LogP contribution in [0.3, 0.4) is 0 Å². The molecule has 10 rings (SSSR count). The zero-order valence-corrected chi connectivity index (χ0v) is 27.6. The zero-order chi connectivity index (χ0) is 33.7. The molecule has 0 aliphatic rings. The molecule has 0 amide bonds. The minimum atomic E-state index is 0.855. The third kappa shape index (κ3) is 5.06. The SMILES string of the molecule is c1ccc(-c2cc(-c3ccccc3)nc(-c3ccc(-c4nc5cc(-c6cccc7ccccc67)ccc5c5oc6ccccc6c45)cc3)c2)cc1. The van der Waals surface area contributed by atoms with Gasteiger partial charge in [-0.1, -0.05) is 152 Å². The van der Waals surface area contributed by atoms with Crippen molar-refractivity contribution in [3.8, 4) is 56.0 Å². The first-order chi connectivity index (χ1) is 25.3. The Kier molecular flexibility index (Phi) is 6.81. The molecule has 0 aliphatic heterocycles. The highest BCUT2D eigenvalue weighted by Crippen LogP contribution is 2.41. The normalized spacial score (nSPS) is 11.5. The third-order valence-electron chi connectivity index (χ3n) is 9.86. The Bertz CT molecular complexity index is 2830. The van der Waals surface area contributed by atoms with Crippen LogP contribution in [0.25, 0.3) is 99.6 Å². The monoisotopic (exact) mass is 650 g/mol. The first-order valence-electron chi connectivity index (χ1n) is 17.2. The van der Waals surface area contributed by atoms with Gasteiger partial charge >= 0.3 is 0 Å². The number of nitrogens with zero attached hydrogens (tertiary/aromatic N) is 2. The molecular formula is C48H30N2O. The topological polar surface area (TPSA) is 38.9 Å². The van der Waals surface area contributed by atoms with E-state index in [0.29, 0.717) is 0 Å². The maximum atomic E-state index is 6.60. The number of hydrogen-bond acceptors (Lipinski definition) is 3. The molecule has 7 aromatic carbocycles. The smallest absolute Gasteiger partial charge is 0.147 e. The highest BCUT2D eigenvalue weighted by molar-refractivity contribution is 6.19. The van der Waals surface area contributed by atoms with Crippen LogP contribution in [-0.2, 0) is 0 Å². The number of fused-ring (bicyclic) bond motifs is 6. The van der Waals surface area contributed by atoms with Gasteiger partial charge in [0, 0.05) is 27.5 Å². The van der Waals surface area contributed by atoms with Crippen molar-refractivity contribution in [3.05, 3.63) is 182 Å². The lowest BCUT2D eigenvalue weighted by atomic mass is 9.96. The van der Waals surface area contributed by atoms with Crippen LogP contribution in [0.15, 0.2) is 186 Å². The Morgan fingerprint density at radius 1 is 0.373 bits per heavy atom. The molecule has 0 unspecified atom stereocenters. The second-order valence-corrected chi connectivity index (χ2v) is 13.0. The summed E-state index contributed by atoms with van der Waals surface area (Å²) in [5.41, 5.74) is 13.1. The van der Waals surface area contributed by atoms with Crippen LogP contribution in [0.1, 0.15) is 0 Å². The summed E-state index contributed by atoms with van der Waals surface area (Å²) in [6.45, 7) is 0. The standard InChI is InChI=1S/C48H30N2O/c1-3-12-31(13-4-1)37-29-42(33-15-5-2-6-16-33)49-43(30-37)34-22-24-35(25-23-34)47-46-41-19-9-10-21-45(41)51-48(46)40-27-26-36(28-44(40)50-47)39-20-11-17-32-14-7-8-18-38(32)39/h1-30H. The van der Waals surface area contributed by atoms with E-state index in [1.54, 1.807) is 0 Å². The molecule has 0 saturated heterocycles. The van der Waals surface area contributed by atoms with Crippen LogP contribution in [0.4, 0.5) is 0 Å². The van der Waals surface area contributed by atoms with Crippen molar-refractivity contribution in [1.29, 1.82) is 0 Å². The van der Waals surface area contributed by atoms with Crippen molar-refractivity contribution in [3.63, 3.8) is 0 Å². The largest absolute Gasteiger partial charge is 0.455 e. The predicted octanol–water partition coefficient (Wildman–Crippen LogP) is 13.0. The molecule has 51 heavy (non-hydrogen) atoms. The van der Waals surface area contributed by atoms with Gasteiger partial charge in [0.15, 0.2) is 0 Å². The van der Waals surface area contributed by atoms with Gasteiger partial charge in [-0.3, -0.25) is 0 Å². The van der Waals surface area contributed by atoms with E-state index >= 15 is 0 Å². The molecule has 0 saturated carbocycles. The summed E-state index contributed by atoms with van der Waals surface area (Å²) >= 11 is 0. The van der Waals surface area contributed by atoms with Gasteiger partial charge in [0.2, 0.25) is 0 Å². The Balaban J connectivity index is 1.14. The molecule has 3 heterocycles. The van der Waals surface area contributed by atoms with Crippen molar-refractivity contribution in [2.45, 2.75) is 0 Å². The van der Waals surface area contributed by atoms with E-state index in [2.05, 4.69) is 158 Å². The fraction of sp³-hybridized carbons (Fsp3) is 0. The Morgan fingerprint density at radius 2 is 0.980 bits per heavy atom. The zero-order valence-electron chi connectivity index (χ0n) is 27.6. The van der Waals surface area contributed by atoms with Crippen molar-refractivity contribution in [1.82, 2.24) is 9.97 Å². The number of furan rings is 1. The van der Waals surface area contributed by atoms with Gasteiger partial charge < -0.3 is 4.42 Å². The van der Waals surface area contributed by atoms with E-state index in [4.69, 9.17) is 14.4 Å². The maximum absolute atomic E-state index is 6.60. The molecule has 0 bridgehead atoms. The lowest BCUT2D eigenvalue weighted by Crippen LogP contribution is -1.92. The molecule has 0 fully saturated rings. The van der Waals surface area contributed by atoms with Crippen LogP contribution >= 0.6 is 0 Å². The Hall–Kier alpha value is -6.84. The third-order valence-corrected chi connectivity index (χ3v) is 9.86. The molecular weight excluding hydrogens is 621 g/mol.